The van der Waals surface area contributed by atoms with E-state index in [0.29, 0.717) is 6.61 Å². The third kappa shape index (κ3) is 4.26. The highest BCUT2D eigenvalue weighted by atomic mass is 79.9. The van der Waals surface area contributed by atoms with E-state index in [9.17, 15) is 0 Å². The van der Waals surface area contributed by atoms with E-state index < -0.39 is 0 Å². The molecular weight excluding hydrogens is 296 g/mol. The van der Waals surface area contributed by atoms with E-state index in [0.717, 1.165) is 43.1 Å². The minimum atomic E-state index is 0.243. The van der Waals surface area contributed by atoms with E-state index in [2.05, 4.69) is 22.9 Å². The van der Waals surface area contributed by atoms with Crippen molar-refractivity contribution in [2.75, 3.05) is 33.0 Å². The molecule has 0 spiro atoms. The van der Waals surface area contributed by atoms with E-state index in [1.807, 2.05) is 24.3 Å². The second-order valence-electron chi connectivity index (χ2n) is 5.01. The van der Waals surface area contributed by atoms with Crippen LogP contribution in [-0.4, -0.2) is 33.0 Å². The Morgan fingerprint density at radius 1 is 1.22 bits per heavy atom. The van der Waals surface area contributed by atoms with Crippen molar-refractivity contribution < 1.29 is 14.2 Å². The molecule has 1 aliphatic heterocycles. The summed E-state index contributed by atoms with van der Waals surface area (Å²) in [6.45, 7) is 6.05. The average Bonchev–Trinajstić information content (AvgIpc) is 2.33. The van der Waals surface area contributed by atoms with Crippen molar-refractivity contribution in [1.82, 2.24) is 0 Å². The maximum absolute atomic E-state index is 5.63. The molecule has 3 nitrogen and oxygen atoms in total. The maximum Gasteiger partial charge on any atom is 0.119 e. The van der Waals surface area contributed by atoms with Crippen molar-refractivity contribution in [2.24, 2.45) is 5.41 Å². The van der Waals surface area contributed by atoms with Crippen LogP contribution in [0.5, 0.6) is 5.75 Å². The predicted molar refractivity (Wildman–Crippen MR) is 74.0 cm³/mol. The van der Waals surface area contributed by atoms with Crippen LogP contribution in [0.25, 0.3) is 0 Å². The normalized spacial score (nSPS) is 17.2. The second-order valence-corrected chi connectivity index (χ2v) is 5.93. The van der Waals surface area contributed by atoms with Gasteiger partial charge in [0.25, 0.3) is 0 Å². The van der Waals surface area contributed by atoms with Crippen molar-refractivity contribution in [3.8, 4) is 5.75 Å². The molecule has 0 aliphatic carbocycles. The van der Waals surface area contributed by atoms with E-state index >= 15 is 0 Å². The molecule has 0 aromatic heterocycles. The van der Waals surface area contributed by atoms with Crippen molar-refractivity contribution in [3.63, 3.8) is 0 Å². The highest BCUT2D eigenvalue weighted by molar-refractivity contribution is 9.10. The van der Waals surface area contributed by atoms with Crippen molar-refractivity contribution in [3.05, 3.63) is 28.7 Å². The minimum absolute atomic E-state index is 0.243. The molecule has 18 heavy (non-hydrogen) atoms. The summed E-state index contributed by atoms with van der Waals surface area (Å²) in [6.07, 6.45) is 0.910. The zero-order valence-electron chi connectivity index (χ0n) is 10.7. The molecule has 100 valence electrons. The molecule has 0 unspecified atom stereocenters. The van der Waals surface area contributed by atoms with Crippen molar-refractivity contribution >= 4 is 15.9 Å². The van der Waals surface area contributed by atoms with Gasteiger partial charge in [-0.25, -0.2) is 0 Å². The summed E-state index contributed by atoms with van der Waals surface area (Å²) >= 11 is 3.39. The summed E-state index contributed by atoms with van der Waals surface area (Å²) in [6, 6.07) is 7.86. The molecule has 0 saturated carbocycles. The molecule has 1 fully saturated rings. The summed E-state index contributed by atoms with van der Waals surface area (Å²) in [4.78, 5) is 0. The fraction of sp³-hybridized carbons (Fsp3) is 0.571. The molecule has 2 rings (SSSR count). The third-order valence-corrected chi connectivity index (χ3v) is 3.40. The topological polar surface area (TPSA) is 27.7 Å². The Balaban J connectivity index is 1.52. The van der Waals surface area contributed by atoms with Crippen molar-refractivity contribution in [2.45, 2.75) is 13.3 Å². The Morgan fingerprint density at radius 3 is 2.56 bits per heavy atom. The molecule has 4 heteroatoms. The van der Waals surface area contributed by atoms with Crippen LogP contribution in [-0.2, 0) is 9.47 Å². The summed E-state index contributed by atoms with van der Waals surface area (Å²) in [7, 11) is 0. The highest BCUT2D eigenvalue weighted by Crippen LogP contribution is 2.26. The quantitative estimate of drug-likeness (QED) is 0.723. The number of rotatable bonds is 7. The molecule has 1 aromatic rings. The Labute approximate surface area is 117 Å². The lowest BCUT2D eigenvalue weighted by atomic mass is 9.90. The van der Waals surface area contributed by atoms with Crippen LogP contribution in [0.15, 0.2) is 28.7 Å². The highest BCUT2D eigenvalue weighted by Gasteiger charge is 2.33. The average molecular weight is 315 g/mol. The Bertz CT molecular complexity index is 360. The van der Waals surface area contributed by atoms with E-state index in [1.165, 1.54) is 0 Å². The van der Waals surface area contributed by atoms with Crippen molar-refractivity contribution in [1.29, 1.82) is 0 Å². The fourth-order valence-electron chi connectivity index (χ4n) is 1.73. The van der Waals surface area contributed by atoms with Gasteiger partial charge in [0.05, 0.1) is 26.4 Å². The predicted octanol–water partition coefficient (Wildman–Crippen LogP) is 3.27. The Kier molecular flexibility index (Phi) is 5.03. The minimum Gasteiger partial charge on any atom is -0.494 e. The van der Waals surface area contributed by atoms with Gasteiger partial charge in [-0.1, -0.05) is 22.9 Å². The SMILES string of the molecule is CC1(COCCCOc2ccc(Br)cc2)COC1. The molecular formula is C14H19BrO3. The van der Waals surface area contributed by atoms with Crippen LogP contribution in [0.4, 0.5) is 0 Å². The summed E-state index contributed by atoms with van der Waals surface area (Å²) in [5.74, 6) is 0.901. The van der Waals surface area contributed by atoms with E-state index in [4.69, 9.17) is 14.2 Å². The lowest BCUT2D eigenvalue weighted by Crippen LogP contribution is -2.43. The lowest BCUT2D eigenvalue weighted by molar-refractivity contribution is -0.138. The first kappa shape index (κ1) is 13.8. The van der Waals surface area contributed by atoms with Gasteiger partial charge in [-0.15, -0.1) is 0 Å². The third-order valence-electron chi connectivity index (χ3n) is 2.87. The largest absolute Gasteiger partial charge is 0.494 e. The number of hydrogen-bond donors (Lipinski definition) is 0. The van der Waals surface area contributed by atoms with Gasteiger partial charge in [0, 0.05) is 22.9 Å². The Morgan fingerprint density at radius 2 is 1.94 bits per heavy atom. The number of hydrogen-bond acceptors (Lipinski definition) is 3. The fourth-order valence-corrected chi connectivity index (χ4v) is 2.00. The molecule has 0 amide bonds. The number of halogens is 1. The first-order valence-corrected chi connectivity index (χ1v) is 7.01. The standard InChI is InChI=1S/C14H19BrO3/c1-14(10-17-11-14)9-16-7-2-8-18-13-5-3-12(15)4-6-13/h3-6H,2,7-11H2,1H3. The molecule has 0 N–H and O–H groups in total. The summed E-state index contributed by atoms with van der Waals surface area (Å²) in [5, 5.41) is 0. The first-order chi connectivity index (χ1) is 8.68. The van der Waals surface area contributed by atoms with Gasteiger partial charge in [0.2, 0.25) is 0 Å². The van der Waals surface area contributed by atoms with Crippen LogP contribution in [0.3, 0.4) is 0 Å². The lowest BCUT2D eigenvalue weighted by Gasteiger charge is -2.37. The van der Waals surface area contributed by atoms with Gasteiger partial charge in [-0.2, -0.15) is 0 Å². The molecule has 1 aromatic carbocycles. The van der Waals surface area contributed by atoms with Gasteiger partial charge < -0.3 is 14.2 Å². The number of benzene rings is 1. The first-order valence-electron chi connectivity index (χ1n) is 6.22. The maximum atomic E-state index is 5.63. The van der Waals surface area contributed by atoms with Gasteiger partial charge in [-0.3, -0.25) is 0 Å². The van der Waals surface area contributed by atoms with E-state index in [1.54, 1.807) is 0 Å². The van der Waals surface area contributed by atoms with Crippen LogP contribution < -0.4 is 4.74 Å². The van der Waals surface area contributed by atoms with Gasteiger partial charge in [0.1, 0.15) is 5.75 Å². The smallest absolute Gasteiger partial charge is 0.119 e. The molecule has 1 heterocycles. The van der Waals surface area contributed by atoms with Crippen LogP contribution >= 0.6 is 15.9 Å². The Hall–Kier alpha value is -0.580. The van der Waals surface area contributed by atoms with Gasteiger partial charge in [0.15, 0.2) is 0 Å². The summed E-state index contributed by atoms with van der Waals surface area (Å²) in [5.41, 5.74) is 0.243. The van der Waals surface area contributed by atoms with Gasteiger partial charge >= 0.3 is 0 Å². The van der Waals surface area contributed by atoms with Gasteiger partial charge in [-0.05, 0) is 24.3 Å². The number of ether oxygens (including phenoxy) is 3. The molecule has 1 saturated heterocycles. The second kappa shape index (κ2) is 6.55. The van der Waals surface area contributed by atoms with Crippen LogP contribution in [0.1, 0.15) is 13.3 Å². The zero-order chi connectivity index (χ0) is 12.8. The summed E-state index contributed by atoms with van der Waals surface area (Å²) < 4.78 is 17.5. The molecule has 0 bridgehead atoms. The molecule has 0 atom stereocenters. The molecule has 1 aliphatic rings. The van der Waals surface area contributed by atoms with E-state index in [-0.39, 0.29) is 5.41 Å². The monoisotopic (exact) mass is 314 g/mol. The van der Waals surface area contributed by atoms with Crippen LogP contribution in [0, 0.1) is 5.41 Å². The molecule has 0 radical (unpaired) electrons. The zero-order valence-corrected chi connectivity index (χ0v) is 12.2. The van der Waals surface area contributed by atoms with Crippen LogP contribution in [0.2, 0.25) is 0 Å².